The van der Waals surface area contributed by atoms with Crippen molar-refractivity contribution in [2.24, 2.45) is 5.92 Å². The lowest BCUT2D eigenvalue weighted by Gasteiger charge is -2.31. The van der Waals surface area contributed by atoms with Crippen LogP contribution < -0.4 is 10.6 Å². The molecule has 3 amide bonds. The van der Waals surface area contributed by atoms with E-state index < -0.39 is 0 Å². The molecule has 6 nitrogen and oxygen atoms in total. The van der Waals surface area contributed by atoms with E-state index in [-0.39, 0.29) is 23.6 Å². The average Bonchev–Trinajstić information content (AvgIpc) is 3.18. The van der Waals surface area contributed by atoms with Gasteiger partial charge in [0.25, 0.3) is 5.91 Å². The van der Waals surface area contributed by atoms with Gasteiger partial charge in [-0.05, 0) is 48.6 Å². The monoisotopic (exact) mass is 371 g/mol. The fourth-order valence-electron chi connectivity index (χ4n) is 2.96. The molecular formula is C19H21N3O3S. The molecule has 1 fully saturated rings. The molecule has 3 rings (SSSR count). The fraction of sp³-hybridized carbons (Fsp3) is 0.316. The van der Waals surface area contributed by atoms with Crippen molar-refractivity contribution in [2.75, 3.05) is 23.7 Å². The zero-order valence-electron chi connectivity index (χ0n) is 14.5. The summed E-state index contributed by atoms with van der Waals surface area (Å²) in [7, 11) is 0. The maximum atomic E-state index is 12.4. The smallest absolute Gasteiger partial charge is 0.265 e. The molecule has 0 aliphatic carbocycles. The molecule has 136 valence electrons. The van der Waals surface area contributed by atoms with Gasteiger partial charge in [0.2, 0.25) is 11.8 Å². The Bertz CT molecular complexity index is 787. The van der Waals surface area contributed by atoms with Crippen molar-refractivity contribution < 1.29 is 14.4 Å². The number of hydrogen-bond donors (Lipinski definition) is 2. The third-order valence-electron chi connectivity index (χ3n) is 4.39. The number of carbonyl (C=O) groups excluding carboxylic acids is 3. The van der Waals surface area contributed by atoms with Crippen LogP contribution in [0, 0.1) is 5.92 Å². The van der Waals surface area contributed by atoms with E-state index in [1.165, 1.54) is 18.3 Å². The van der Waals surface area contributed by atoms with Crippen LogP contribution in [-0.4, -0.2) is 35.7 Å². The Hall–Kier alpha value is -2.67. The lowest BCUT2D eigenvalue weighted by atomic mass is 9.97. The second kappa shape index (κ2) is 8.14. The Morgan fingerprint density at radius 2 is 1.77 bits per heavy atom. The number of thiophene rings is 1. The molecule has 1 aromatic heterocycles. The minimum atomic E-state index is -0.189. The topological polar surface area (TPSA) is 78.5 Å². The summed E-state index contributed by atoms with van der Waals surface area (Å²) in [5.74, 6) is -0.408. The quantitative estimate of drug-likeness (QED) is 0.866. The van der Waals surface area contributed by atoms with E-state index in [2.05, 4.69) is 10.6 Å². The number of rotatable bonds is 4. The minimum Gasteiger partial charge on any atom is -0.342 e. The molecule has 1 atom stereocenters. The number of likely N-dealkylation sites (tertiary alicyclic amines) is 1. The summed E-state index contributed by atoms with van der Waals surface area (Å²) in [6.07, 6.45) is 1.62. The van der Waals surface area contributed by atoms with Gasteiger partial charge >= 0.3 is 0 Å². The van der Waals surface area contributed by atoms with Gasteiger partial charge in [-0.25, -0.2) is 0 Å². The number of amides is 3. The lowest BCUT2D eigenvalue weighted by Crippen LogP contribution is -2.42. The minimum absolute atomic E-state index is 0.00772. The van der Waals surface area contributed by atoms with Crippen LogP contribution in [0.25, 0.3) is 0 Å². The molecule has 2 aromatic rings. The van der Waals surface area contributed by atoms with Crippen molar-refractivity contribution in [1.29, 1.82) is 0 Å². The van der Waals surface area contributed by atoms with Gasteiger partial charge in [-0.3, -0.25) is 14.4 Å². The number of nitrogens with one attached hydrogen (secondary N) is 2. The second-order valence-corrected chi connectivity index (χ2v) is 7.25. The number of benzene rings is 1. The van der Waals surface area contributed by atoms with E-state index in [0.717, 1.165) is 19.4 Å². The lowest BCUT2D eigenvalue weighted by molar-refractivity contribution is -0.132. The number of hydrogen-bond acceptors (Lipinski definition) is 4. The van der Waals surface area contributed by atoms with Crippen molar-refractivity contribution in [3.05, 3.63) is 46.7 Å². The Balaban J connectivity index is 1.56. The molecule has 0 saturated carbocycles. The van der Waals surface area contributed by atoms with Crippen LogP contribution in [-0.2, 0) is 9.59 Å². The maximum Gasteiger partial charge on any atom is 0.265 e. The van der Waals surface area contributed by atoms with E-state index in [4.69, 9.17) is 0 Å². The van der Waals surface area contributed by atoms with Gasteiger partial charge in [-0.2, -0.15) is 0 Å². The fourth-order valence-corrected chi connectivity index (χ4v) is 3.58. The SMILES string of the molecule is CC(=O)N1CCC[C@H](C(=O)Nc2ccc(NC(=O)c3cccs3)cc2)C1. The van der Waals surface area contributed by atoms with Gasteiger partial charge < -0.3 is 15.5 Å². The Morgan fingerprint density at radius 1 is 1.08 bits per heavy atom. The molecule has 1 aliphatic rings. The molecule has 0 unspecified atom stereocenters. The molecule has 0 radical (unpaired) electrons. The number of nitrogens with zero attached hydrogens (tertiary/aromatic N) is 1. The maximum absolute atomic E-state index is 12.4. The van der Waals surface area contributed by atoms with E-state index >= 15 is 0 Å². The highest BCUT2D eigenvalue weighted by molar-refractivity contribution is 7.12. The van der Waals surface area contributed by atoms with E-state index in [1.54, 1.807) is 35.2 Å². The predicted molar refractivity (Wildman–Crippen MR) is 102 cm³/mol. The first-order valence-corrected chi connectivity index (χ1v) is 9.42. The first-order valence-electron chi connectivity index (χ1n) is 8.54. The van der Waals surface area contributed by atoms with Crippen LogP contribution in [0.15, 0.2) is 41.8 Å². The van der Waals surface area contributed by atoms with Crippen LogP contribution in [0.1, 0.15) is 29.4 Å². The molecule has 2 heterocycles. The summed E-state index contributed by atoms with van der Waals surface area (Å²) in [6.45, 7) is 2.72. The Morgan fingerprint density at radius 3 is 2.38 bits per heavy atom. The van der Waals surface area contributed by atoms with Crippen molar-refractivity contribution in [3.63, 3.8) is 0 Å². The first-order chi connectivity index (χ1) is 12.5. The molecule has 26 heavy (non-hydrogen) atoms. The van der Waals surface area contributed by atoms with Crippen molar-refractivity contribution >= 4 is 40.4 Å². The average molecular weight is 371 g/mol. The molecule has 1 saturated heterocycles. The van der Waals surface area contributed by atoms with Crippen LogP contribution in [0.5, 0.6) is 0 Å². The zero-order chi connectivity index (χ0) is 18.5. The van der Waals surface area contributed by atoms with E-state index in [1.807, 2.05) is 11.4 Å². The van der Waals surface area contributed by atoms with Crippen LogP contribution in [0.2, 0.25) is 0 Å². The van der Waals surface area contributed by atoms with E-state index in [9.17, 15) is 14.4 Å². The molecular weight excluding hydrogens is 350 g/mol. The molecule has 1 aromatic carbocycles. The van der Waals surface area contributed by atoms with Crippen LogP contribution >= 0.6 is 11.3 Å². The first kappa shape index (κ1) is 18.1. The summed E-state index contributed by atoms with van der Waals surface area (Å²) < 4.78 is 0. The van der Waals surface area contributed by atoms with Crippen molar-refractivity contribution in [1.82, 2.24) is 4.90 Å². The number of anilines is 2. The highest BCUT2D eigenvalue weighted by atomic mass is 32.1. The highest BCUT2D eigenvalue weighted by Gasteiger charge is 2.27. The summed E-state index contributed by atoms with van der Waals surface area (Å²) >= 11 is 1.38. The summed E-state index contributed by atoms with van der Waals surface area (Å²) in [5.41, 5.74) is 1.34. The van der Waals surface area contributed by atoms with Crippen LogP contribution in [0.3, 0.4) is 0 Å². The van der Waals surface area contributed by atoms with Gasteiger partial charge in [-0.1, -0.05) is 6.07 Å². The van der Waals surface area contributed by atoms with Gasteiger partial charge in [0, 0.05) is 31.4 Å². The third-order valence-corrected chi connectivity index (χ3v) is 5.26. The van der Waals surface area contributed by atoms with Gasteiger partial charge in [0.15, 0.2) is 0 Å². The largest absolute Gasteiger partial charge is 0.342 e. The normalized spacial score (nSPS) is 16.8. The summed E-state index contributed by atoms with van der Waals surface area (Å²) in [4.78, 5) is 38.3. The van der Waals surface area contributed by atoms with Crippen molar-refractivity contribution in [3.8, 4) is 0 Å². The van der Waals surface area contributed by atoms with E-state index in [0.29, 0.717) is 22.8 Å². The van der Waals surface area contributed by atoms with Crippen molar-refractivity contribution in [2.45, 2.75) is 19.8 Å². The van der Waals surface area contributed by atoms with Gasteiger partial charge in [0.05, 0.1) is 10.8 Å². The molecule has 7 heteroatoms. The third kappa shape index (κ3) is 4.49. The molecule has 0 bridgehead atoms. The summed E-state index contributed by atoms with van der Waals surface area (Å²) in [5, 5.41) is 7.57. The van der Waals surface area contributed by atoms with Crippen LogP contribution in [0.4, 0.5) is 11.4 Å². The molecule has 1 aliphatic heterocycles. The number of piperidine rings is 1. The van der Waals surface area contributed by atoms with Gasteiger partial charge in [0.1, 0.15) is 0 Å². The summed E-state index contributed by atoms with van der Waals surface area (Å²) in [6, 6.07) is 10.6. The standard InChI is InChI=1S/C19H21N3O3S/c1-13(23)22-10-2-4-14(12-22)18(24)20-15-6-8-16(9-7-15)21-19(25)17-5-3-11-26-17/h3,5-9,11,14H,2,4,10,12H2,1H3,(H,20,24)(H,21,25)/t14-/m0/s1. The molecule has 0 spiro atoms. The highest BCUT2D eigenvalue weighted by Crippen LogP contribution is 2.20. The second-order valence-electron chi connectivity index (χ2n) is 6.30. The Kier molecular flexibility index (Phi) is 5.68. The number of carbonyl (C=O) groups is 3. The predicted octanol–water partition coefficient (Wildman–Crippen LogP) is 3.20. The Labute approximate surface area is 156 Å². The zero-order valence-corrected chi connectivity index (χ0v) is 15.3. The molecule has 2 N–H and O–H groups in total. The van der Waals surface area contributed by atoms with Gasteiger partial charge in [-0.15, -0.1) is 11.3 Å².